The molecule has 0 saturated carbocycles. The van der Waals surface area contributed by atoms with E-state index in [4.69, 9.17) is 0 Å². The van der Waals surface area contributed by atoms with Crippen molar-refractivity contribution in [3.05, 3.63) is 88.2 Å². The Morgan fingerprint density at radius 2 is 1.40 bits per heavy atom. The summed E-state index contributed by atoms with van der Waals surface area (Å²) in [5, 5.41) is 10.4. The average molecular weight is 423 g/mol. The van der Waals surface area contributed by atoms with Gasteiger partial charge in [-0.3, -0.25) is 0 Å². The monoisotopic (exact) mass is 422 g/mol. The summed E-state index contributed by atoms with van der Waals surface area (Å²) in [6, 6.07) is 17.5. The van der Waals surface area contributed by atoms with Gasteiger partial charge in [-0.15, -0.1) is 11.8 Å². The summed E-state index contributed by atoms with van der Waals surface area (Å²) < 4.78 is 13.6. The third kappa shape index (κ3) is 4.96. The minimum atomic E-state index is -0.246. The van der Waals surface area contributed by atoms with E-state index in [1.54, 1.807) is 11.8 Å². The van der Waals surface area contributed by atoms with Crippen molar-refractivity contribution in [2.24, 2.45) is 0 Å². The van der Waals surface area contributed by atoms with Gasteiger partial charge in [-0.25, -0.2) is 4.39 Å². The molecule has 0 amide bonds. The standard InChI is InChI=1S/C27H31FOS/c1-17(2)23-14-24(18(3)4)26(16-30-22-12-6-19(5)7-13-22)27(25(23)15-29)20-8-10-21(28)11-9-20/h6-14,17-18,29H,15-16H2,1-5H3. The Morgan fingerprint density at radius 1 is 0.833 bits per heavy atom. The van der Waals surface area contributed by atoms with Crippen LogP contribution >= 0.6 is 11.8 Å². The van der Waals surface area contributed by atoms with E-state index in [0.717, 1.165) is 22.4 Å². The van der Waals surface area contributed by atoms with Crippen LogP contribution in [0, 0.1) is 12.7 Å². The van der Waals surface area contributed by atoms with Gasteiger partial charge in [0.25, 0.3) is 0 Å². The van der Waals surface area contributed by atoms with Gasteiger partial charge < -0.3 is 5.11 Å². The van der Waals surface area contributed by atoms with Crippen LogP contribution in [0.5, 0.6) is 0 Å². The Kier molecular flexibility index (Phi) is 7.38. The molecule has 3 rings (SSSR count). The SMILES string of the molecule is Cc1ccc(SCc2c(C(C)C)cc(C(C)C)c(CO)c2-c2ccc(F)cc2)cc1. The smallest absolute Gasteiger partial charge is 0.123 e. The van der Waals surface area contributed by atoms with Crippen molar-refractivity contribution >= 4 is 11.8 Å². The van der Waals surface area contributed by atoms with Gasteiger partial charge in [0, 0.05) is 10.6 Å². The molecule has 3 heteroatoms. The van der Waals surface area contributed by atoms with Gasteiger partial charge in [0.05, 0.1) is 6.61 Å². The average Bonchev–Trinajstić information content (AvgIpc) is 2.72. The second-order valence-corrected chi connectivity index (χ2v) is 9.51. The zero-order chi connectivity index (χ0) is 21.8. The van der Waals surface area contributed by atoms with Crippen LogP contribution in [0.3, 0.4) is 0 Å². The molecule has 0 heterocycles. The molecule has 0 aromatic heterocycles. The number of hydrogen-bond acceptors (Lipinski definition) is 2. The number of aliphatic hydroxyl groups excluding tert-OH is 1. The Bertz CT molecular complexity index is 989. The number of aryl methyl sites for hydroxylation is 1. The highest BCUT2D eigenvalue weighted by Gasteiger charge is 2.22. The Hall–Kier alpha value is -2.10. The van der Waals surface area contributed by atoms with Crippen molar-refractivity contribution in [3.8, 4) is 11.1 Å². The van der Waals surface area contributed by atoms with Crippen molar-refractivity contribution in [1.82, 2.24) is 0 Å². The van der Waals surface area contributed by atoms with Crippen LogP contribution in [0.25, 0.3) is 11.1 Å². The van der Waals surface area contributed by atoms with E-state index in [-0.39, 0.29) is 12.4 Å². The van der Waals surface area contributed by atoms with Crippen molar-refractivity contribution < 1.29 is 9.50 Å². The fourth-order valence-corrected chi connectivity index (χ4v) is 4.87. The molecule has 30 heavy (non-hydrogen) atoms. The van der Waals surface area contributed by atoms with Gasteiger partial charge in [-0.2, -0.15) is 0 Å². The van der Waals surface area contributed by atoms with Gasteiger partial charge in [-0.1, -0.05) is 63.6 Å². The molecule has 0 aliphatic rings. The summed E-state index contributed by atoms with van der Waals surface area (Å²) >= 11 is 1.80. The first-order chi connectivity index (χ1) is 14.3. The lowest BCUT2D eigenvalue weighted by Crippen LogP contribution is -2.08. The lowest BCUT2D eigenvalue weighted by Gasteiger charge is -2.25. The molecule has 0 bridgehead atoms. The molecule has 3 aromatic carbocycles. The van der Waals surface area contributed by atoms with Gasteiger partial charge >= 0.3 is 0 Å². The maximum atomic E-state index is 13.6. The van der Waals surface area contributed by atoms with E-state index in [9.17, 15) is 9.50 Å². The fraction of sp³-hybridized carbons (Fsp3) is 0.333. The van der Waals surface area contributed by atoms with Crippen molar-refractivity contribution in [3.63, 3.8) is 0 Å². The number of hydrogen-bond donors (Lipinski definition) is 1. The van der Waals surface area contributed by atoms with Crippen molar-refractivity contribution in [1.29, 1.82) is 0 Å². The van der Waals surface area contributed by atoms with E-state index in [2.05, 4.69) is 65.0 Å². The Labute approximate surface area is 184 Å². The summed E-state index contributed by atoms with van der Waals surface area (Å²) in [5.41, 5.74) is 7.94. The minimum Gasteiger partial charge on any atom is -0.392 e. The lowest BCUT2D eigenvalue weighted by atomic mass is 9.82. The highest BCUT2D eigenvalue weighted by Crippen LogP contribution is 2.41. The molecule has 0 aliphatic carbocycles. The molecule has 1 nitrogen and oxygen atoms in total. The van der Waals surface area contributed by atoms with E-state index in [0.29, 0.717) is 11.8 Å². The second-order valence-electron chi connectivity index (χ2n) is 8.46. The van der Waals surface area contributed by atoms with Crippen LogP contribution in [0.2, 0.25) is 0 Å². The van der Waals surface area contributed by atoms with Crippen molar-refractivity contribution in [2.45, 2.75) is 63.7 Å². The summed E-state index contributed by atoms with van der Waals surface area (Å²) in [4.78, 5) is 1.22. The third-order valence-corrected chi connectivity index (χ3v) is 6.59. The molecule has 158 valence electrons. The largest absolute Gasteiger partial charge is 0.392 e. The molecular formula is C27H31FOS. The molecule has 0 aliphatic heterocycles. The number of benzene rings is 3. The summed E-state index contributed by atoms with van der Waals surface area (Å²) in [6.45, 7) is 10.8. The van der Waals surface area contributed by atoms with Gasteiger partial charge in [0.15, 0.2) is 0 Å². The van der Waals surface area contributed by atoms with E-state index < -0.39 is 0 Å². The van der Waals surface area contributed by atoms with Crippen LogP contribution in [0.15, 0.2) is 59.5 Å². The fourth-order valence-electron chi connectivity index (χ4n) is 3.92. The number of halogens is 1. The molecule has 0 spiro atoms. The molecule has 0 unspecified atom stereocenters. The molecular weight excluding hydrogens is 391 g/mol. The molecule has 0 radical (unpaired) electrons. The summed E-state index contributed by atoms with van der Waals surface area (Å²) in [6.07, 6.45) is 0. The van der Waals surface area contributed by atoms with Gasteiger partial charge in [0.2, 0.25) is 0 Å². The van der Waals surface area contributed by atoms with Crippen molar-refractivity contribution in [2.75, 3.05) is 0 Å². The predicted octanol–water partition coefficient (Wildman–Crippen LogP) is 7.83. The summed E-state index contributed by atoms with van der Waals surface area (Å²) in [7, 11) is 0. The first-order valence-corrected chi connectivity index (χ1v) is 11.5. The first-order valence-electron chi connectivity index (χ1n) is 10.6. The van der Waals surface area contributed by atoms with E-state index in [1.165, 1.54) is 39.3 Å². The predicted molar refractivity (Wildman–Crippen MR) is 127 cm³/mol. The summed E-state index contributed by atoms with van der Waals surface area (Å²) in [5.74, 6) is 1.20. The number of thioether (sulfide) groups is 1. The highest BCUT2D eigenvalue weighted by atomic mass is 32.2. The lowest BCUT2D eigenvalue weighted by molar-refractivity contribution is 0.280. The number of aliphatic hydroxyl groups is 1. The second kappa shape index (κ2) is 9.80. The molecule has 0 saturated heterocycles. The van der Waals surface area contributed by atoms with Crippen LogP contribution in [-0.4, -0.2) is 5.11 Å². The van der Waals surface area contributed by atoms with Crippen LogP contribution in [0.4, 0.5) is 4.39 Å². The van der Waals surface area contributed by atoms with Crippen LogP contribution in [-0.2, 0) is 12.4 Å². The van der Waals surface area contributed by atoms with E-state index in [1.807, 2.05) is 12.1 Å². The molecule has 3 aromatic rings. The maximum Gasteiger partial charge on any atom is 0.123 e. The Morgan fingerprint density at radius 3 is 1.93 bits per heavy atom. The first kappa shape index (κ1) is 22.6. The Balaban J connectivity index is 2.20. The quantitative estimate of drug-likeness (QED) is 0.391. The molecule has 1 N–H and O–H groups in total. The highest BCUT2D eigenvalue weighted by molar-refractivity contribution is 7.98. The van der Waals surface area contributed by atoms with Gasteiger partial charge in [-0.05, 0) is 76.4 Å². The minimum absolute atomic E-state index is 0.0270. The maximum absolute atomic E-state index is 13.6. The van der Waals surface area contributed by atoms with Crippen LogP contribution < -0.4 is 0 Å². The number of rotatable bonds is 7. The van der Waals surface area contributed by atoms with E-state index >= 15 is 0 Å². The normalized spacial score (nSPS) is 11.5. The van der Waals surface area contributed by atoms with Gasteiger partial charge in [0.1, 0.15) is 5.82 Å². The zero-order valence-corrected chi connectivity index (χ0v) is 19.3. The zero-order valence-electron chi connectivity index (χ0n) is 18.5. The van der Waals surface area contributed by atoms with Crippen LogP contribution in [0.1, 0.15) is 67.3 Å². The topological polar surface area (TPSA) is 20.2 Å². The third-order valence-electron chi connectivity index (χ3n) is 5.55. The molecule has 0 atom stereocenters. The molecule has 0 fully saturated rings.